The molecule has 4 aromatic carbocycles. The van der Waals surface area contributed by atoms with E-state index in [9.17, 15) is 20.4 Å². The molecule has 0 unspecified atom stereocenters. The minimum absolute atomic E-state index is 0. The molecule has 0 bridgehead atoms. The Morgan fingerprint density at radius 3 is 0.735 bits per heavy atom. The van der Waals surface area contributed by atoms with Gasteiger partial charge >= 0.3 is 0 Å². The van der Waals surface area contributed by atoms with Crippen LogP contribution >= 0.6 is 0 Å². The Bertz CT molecular complexity index is 1300. The first kappa shape index (κ1) is 54.3. The van der Waals surface area contributed by atoms with E-state index in [0.717, 1.165) is 12.8 Å². The Labute approximate surface area is 313 Å². The largest absolute Gasteiger partial charge is 2.00 e. The van der Waals surface area contributed by atoms with Crippen molar-refractivity contribution in [1.29, 1.82) is 0 Å². The van der Waals surface area contributed by atoms with Gasteiger partial charge in [0.1, 0.15) is 0 Å². The molecule has 0 aliphatic rings. The Morgan fingerprint density at radius 1 is 0.367 bits per heavy atom. The molecule has 15 heteroatoms. The first-order valence-electron chi connectivity index (χ1n) is 13.6. The van der Waals surface area contributed by atoms with E-state index < -0.39 is 0 Å². The number of rotatable bonds is 12. The molecule has 0 aliphatic carbocycles. The molecule has 0 aromatic heterocycles. The first-order valence-corrected chi connectivity index (χ1v) is 13.6. The van der Waals surface area contributed by atoms with Crippen LogP contribution in [0.1, 0.15) is 35.1 Å². The van der Waals surface area contributed by atoms with Crippen molar-refractivity contribution in [2.45, 2.75) is 12.8 Å². The number of hydrogen-bond donors (Lipinski definition) is 0. The number of benzene rings is 4. The fraction of sp³-hybridized carbons (Fsp3) is 0.176. The molecule has 4 rings (SSSR count). The maximum absolute atomic E-state index is 11.4. The summed E-state index contributed by atoms with van der Waals surface area (Å²) in [5.74, 6) is -0.0877. The van der Waals surface area contributed by atoms with Crippen LogP contribution in [-0.2, 0) is 57.3 Å². The van der Waals surface area contributed by atoms with Crippen molar-refractivity contribution >= 4 is 24.9 Å². The van der Waals surface area contributed by atoms with E-state index in [1.165, 1.54) is 24.3 Å². The van der Waals surface area contributed by atoms with Crippen molar-refractivity contribution in [2.24, 2.45) is 20.0 Å². The van der Waals surface area contributed by atoms with Gasteiger partial charge in [0, 0.05) is 91.9 Å². The van der Waals surface area contributed by atoms with Crippen LogP contribution in [0.25, 0.3) is 0 Å². The predicted octanol–water partition coefficient (Wildman–Crippen LogP) is 1.51. The van der Waals surface area contributed by atoms with Gasteiger partial charge < -0.3 is 47.8 Å². The number of hydrogen-bond acceptors (Lipinski definition) is 8. The van der Waals surface area contributed by atoms with Crippen LogP contribution in [0, 0.1) is 0 Å². The average Bonchev–Trinajstić information content (AvgIpc) is 3.00. The third-order valence-electron chi connectivity index (χ3n) is 5.75. The van der Waals surface area contributed by atoms with Crippen LogP contribution in [0.2, 0.25) is 0 Å². The standard InChI is InChI=1S/2C17H18N2O2.2H2O.3O.2Re/c2*20-16-8-3-1-6-14(16)12-18-10-5-11-19-13-15-7-2-4-9-17(15)21;;;;;;;/h2*1-4,6-9,12-13,20-21H,5,10-11H2;2*1H2;;;;;/q;;;;3*-2;;/p-4. The van der Waals surface area contributed by atoms with Crippen LogP contribution in [0.5, 0.6) is 23.0 Å². The van der Waals surface area contributed by atoms with Crippen molar-refractivity contribution in [3.05, 3.63) is 119 Å². The fourth-order valence-corrected chi connectivity index (χ4v) is 3.51. The third-order valence-corrected chi connectivity index (χ3v) is 5.75. The summed E-state index contributed by atoms with van der Waals surface area (Å²) in [4.78, 5) is 16.8. The Hall–Kier alpha value is -4.12. The SMILES string of the molecule is O.O.[O-2].[O-2].[O-2].[O-]c1ccccc1C=NCCCN=Cc1ccccc1[O-].[O-]c1ccccc1C=NCCCN=Cc1ccccc1[O-].[Re].[Re]. The van der Waals surface area contributed by atoms with Crippen molar-refractivity contribution in [3.63, 3.8) is 0 Å². The van der Waals surface area contributed by atoms with Gasteiger partial charge in [-0.2, -0.15) is 0 Å². The summed E-state index contributed by atoms with van der Waals surface area (Å²) in [6.45, 7) is 2.41. The molecule has 4 N–H and O–H groups in total. The summed E-state index contributed by atoms with van der Waals surface area (Å²) in [6, 6.07) is 27.2. The molecule has 49 heavy (non-hydrogen) atoms. The van der Waals surface area contributed by atoms with Crippen molar-refractivity contribution in [1.82, 2.24) is 0 Å². The molecule has 0 saturated heterocycles. The first-order chi connectivity index (χ1) is 20.5. The summed E-state index contributed by atoms with van der Waals surface area (Å²) >= 11 is 0. The van der Waals surface area contributed by atoms with E-state index in [4.69, 9.17) is 0 Å². The smallest absolute Gasteiger partial charge is 0.0407 e. The minimum Gasteiger partial charge on any atom is -2.00 e. The van der Waals surface area contributed by atoms with E-state index in [0.29, 0.717) is 48.4 Å². The van der Waals surface area contributed by atoms with Crippen molar-refractivity contribution in [3.8, 4) is 23.0 Å². The molecular weight excluding hydrogens is 981 g/mol. The number of para-hydroxylation sites is 4. The summed E-state index contributed by atoms with van der Waals surface area (Å²) in [6.07, 6.45) is 7.93. The maximum Gasteiger partial charge on any atom is 0.0407 e. The maximum atomic E-state index is 11.4. The minimum atomic E-state index is -0.0219. The van der Waals surface area contributed by atoms with Crippen molar-refractivity contribution in [2.75, 3.05) is 26.2 Å². The molecule has 0 amide bonds. The zero-order valence-electron chi connectivity index (χ0n) is 26.2. The quantitative estimate of drug-likeness (QED) is 0.151. The van der Waals surface area contributed by atoms with Gasteiger partial charge in [-0.15, -0.1) is 23.0 Å². The summed E-state index contributed by atoms with van der Waals surface area (Å²) in [7, 11) is 0. The summed E-state index contributed by atoms with van der Waals surface area (Å²) < 4.78 is 0. The molecule has 0 heterocycles. The Kier molecular flexibility index (Phi) is 36.0. The summed E-state index contributed by atoms with van der Waals surface area (Å²) in [5.41, 5.74) is 2.39. The van der Waals surface area contributed by atoms with Gasteiger partial charge in [-0.25, -0.2) is 0 Å². The van der Waals surface area contributed by atoms with Crippen LogP contribution in [0.15, 0.2) is 117 Å². The van der Waals surface area contributed by atoms with Crippen molar-refractivity contribution < 1.29 is 88.7 Å². The molecule has 270 valence electrons. The molecule has 2 radical (unpaired) electrons. The normalized spacial score (nSPS) is 9.80. The predicted molar refractivity (Wildman–Crippen MR) is 172 cm³/mol. The van der Waals surface area contributed by atoms with Gasteiger partial charge in [-0.3, -0.25) is 20.0 Å². The zero-order chi connectivity index (χ0) is 29.8. The van der Waals surface area contributed by atoms with Gasteiger partial charge in [0.15, 0.2) is 0 Å². The van der Waals surface area contributed by atoms with Crippen LogP contribution in [0.4, 0.5) is 0 Å². The zero-order valence-corrected chi connectivity index (χ0v) is 31.6. The molecular formula is C34H36N4O9Re2-10. The second-order valence-electron chi connectivity index (χ2n) is 9.00. The molecule has 0 atom stereocenters. The molecule has 0 spiro atoms. The second kappa shape index (κ2) is 32.4. The Balaban J connectivity index is -0.000000230. The molecule has 0 saturated carbocycles. The van der Waals surface area contributed by atoms with Gasteiger partial charge in [-0.1, -0.05) is 97.1 Å². The van der Waals surface area contributed by atoms with Crippen LogP contribution in [-0.4, -0.2) is 62.0 Å². The van der Waals surface area contributed by atoms with E-state index in [-0.39, 0.29) is 91.2 Å². The van der Waals surface area contributed by atoms with Gasteiger partial charge in [-0.05, 0) is 35.1 Å². The average molecular weight is 1020 g/mol. The number of nitrogens with zero attached hydrogens (tertiary/aromatic N) is 4. The van der Waals surface area contributed by atoms with E-state index in [2.05, 4.69) is 20.0 Å². The second-order valence-corrected chi connectivity index (χ2v) is 9.00. The van der Waals surface area contributed by atoms with Gasteiger partial charge in [0.25, 0.3) is 0 Å². The van der Waals surface area contributed by atoms with Gasteiger partial charge in [0.2, 0.25) is 0 Å². The fourth-order valence-electron chi connectivity index (χ4n) is 3.51. The van der Waals surface area contributed by atoms with Crippen LogP contribution in [0.3, 0.4) is 0 Å². The monoisotopic (exact) mass is 1020 g/mol. The van der Waals surface area contributed by atoms with E-state index in [1.54, 1.807) is 73.4 Å². The Morgan fingerprint density at radius 2 is 0.551 bits per heavy atom. The van der Waals surface area contributed by atoms with Crippen LogP contribution < -0.4 is 20.4 Å². The molecule has 4 aromatic rings. The van der Waals surface area contributed by atoms with E-state index >= 15 is 0 Å². The molecule has 13 nitrogen and oxygen atoms in total. The molecule has 0 aliphatic heterocycles. The topological polar surface area (TPSA) is 290 Å². The molecule has 0 fully saturated rings. The third kappa shape index (κ3) is 21.5. The van der Waals surface area contributed by atoms with E-state index in [1.807, 2.05) is 24.3 Å². The van der Waals surface area contributed by atoms with Gasteiger partial charge in [0.05, 0.1) is 0 Å². The summed E-state index contributed by atoms with van der Waals surface area (Å²) in [5, 5.41) is 45.7. The number of aliphatic imine (C=N–C) groups is 4.